The minimum absolute atomic E-state index is 0. The van der Waals surface area contributed by atoms with Crippen molar-refractivity contribution < 1.29 is 19.1 Å². The second-order valence-corrected chi connectivity index (χ2v) is 2.54. The van der Waals surface area contributed by atoms with Gasteiger partial charge >= 0.3 is 11.9 Å². The maximum absolute atomic E-state index is 10.2. The lowest BCUT2D eigenvalue weighted by Crippen LogP contribution is -1.98. The summed E-state index contributed by atoms with van der Waals surface area (Å²) in [6.07, 6.45) is 0. The smallest absolute Gasteiger partial charge is 0.332 e. The summed E-state index contributed by atoms with van der Waals surface area (Å²) in [6.45, 7) is 9.91. The first-order valence-corrected chi connectivity index (χ1v) is 3.84. The van der Waals surface area contributed by atoms with Gasteiger partial charge in [-0.05, 0) is 24.8 Å². The van der Waals surface area contributed by atoms with Gasteiger partial charge in [-0.1, -0.05) is 20.6 Å². The molecule has 4 nitrogen and oxygen atoms in total. The average molecular weight is 248 g/mol. The lowest BCUT2D eigenvalue weighted by Gasteiger charge is -1.91. The summed E-state index contributed by atoms with van der Waals surface area (Å²) in [5.74, 6) is -0.694. The second-order valence-electron chi connectivity index (χ2n) is 2.54. The summed E-state index contributed by atoms with van der Waals surface area (Å²) >= 11 is 0. The summed E-state index contributed by atoms with van der Waals surface area (Å²) in [6, 6.07) is 0. The average Bonchev–Trinajstić information content (AvgIpc) is 2.15. The fraction of sp³-hybridized carbons (Fsp3) is 0.455. The van der Waals surface area contributed by atoms with Gasteiger partial charge in [0.05, 0.1) is 14.2 Å². The third-order valence-electron chi connectivity index (χ3n) is 1.07. The van der Waals surface area contributed by atoms with Gasteiger partial charge in [-0.15, -0.1) is 0 Å². The maximum Gasteiger partial charge on any atom is 0.332 e. The van der Waals surface area contributed by atoms with Crippen LogP contribution < -0.4 is 0 Å². The SMILES string of the molecule is C.C=C(C)C(=O)OC.C=C(C)C(=O)OC.[SiH4]. The molecule has 0 amide bonds. The van der Waals surface area contributed by atoms with E-state index in [0.717, 1.165) is 0 Å². The lowest BCUT2D eigenvalue weighted by atomic mass is 10.4. The molecule has 0 rings (SSSR count). The molecule has 0 aromatic rings. The van der Waals surface area contributed by atoms with Gasteiger partial charge in [-0.2, -0.15) is 0 Å². The highest BCUT2D eigenvalue weighted by molar-refractivity contribution is 5.87. The van der Waals surface area contributed by atoms with E-state index in [1.54, 1.807) is 13.8 Å². The Morgan fingerprint density at radius 3 is 1.06 bits per heavy atom. The molecule has 0 bridgehead atoms. The Kier molecular flexibility index (Phi) is 20.5. The highest BCUT2D eigenvalue weighted by atomic mass is 28.1. The number of ether oxygens (including phenoxy) is 2. The van der Waals surface area contributed by atoms with Crippen LogP contribution in [0.15, 0.2) is 24.3 Å². The van der Waals surface area contributed by atoms with E-state index in [1.807, 2.05) is 0 Å². The van der Waals surface area contributed by atoms with Crippen LogP contribution in [0.5, 0.6) is 0 Å². The van der Waals surface area contributed by atoms with Crippen molar-refractivity contribution in [3.63, 3.8) is 0 Å². The van der Waals surface area contributed by atoms with Crippen molar-refractivity contribution in [1.82, 2.24) is 0 Å². The Balaban J connectivity index is -0.0000000800. The molecule has 0 aromatic carbocycles. The van der Waals surface area contributed by atoms with Crippen molar-refractivity contribution >= 4 is 22.9 Å². The van der Waals surface area contributed by atoms with Crippen molar-refractivity contribution in [2.24, 2.45) is 0 Å². The van der Waals surface area contributed by atoms with Crippen LogP contribution in [0.25, 0.3) is 0 Å². The van der Waals surface area contributed by atoms with Crippen LogP contribution in [0.4, 0.5) is 0 Å². The molecule has 0 unspecified atom stereocenters. The van der Waals surface area contributed by atoms with Crippen LogP contribution in [-0.4, -0.2) is 37.1 Å². The maximum atomic E-state index is 10.2. The molecule has 0 saturated carbocycles. The quantitative estimate of drug-likeness (QED) is 0.409. The van der Waals surface area contributed by atoms with Crippen LogP contribution in [0, 0.1) is 0 Å². The van der Waals surface area contributed by atoms with E-state index in [9.17, 15) is 9.59 Å². The first-order chi connectivity index (χ1) is 6.36. The summed E-state index contributed by atoms with van der Waals surface area (Å²) < 4.78 is 8.55. The molecule has 0 atom stereocenters. The first kappa shape index (κ1) is 24.1. The highest BCUT2D eigenvalue weighted by Crippen LogP contribution is 1.87. The molecule has 0 aliphatic carbocycles. The van der Waals surface area contributed by atoms with Crippen molar-refractivity contribution in [1.29, 1.82) is 0 Å². The molecule has 0 aromatic heterocycles. The molecule has 0 heterocycles. The van der Waals surface area contributed by atoms with Crippen LogP contribution in [0.2, 0.25) is 0 Å². The summed E-state index contributed by atoms with van der Waals surface area (Å²) in [5, 5.41) is 0. The van der Waals surface area contributed by atoms with Crippen LogP contribution in [-0.2, 0) is 19.1 Å². The van der Waals surface area contributed by atoms with Gasteiger partial charge in [0.25, 0.3) is 0 Å². The molecule has 0 fully saturated rings. The van der Waals surface area contributed by atoms with Gasteiger partial charge in [-0.25, -0.2) is 9.59 Å². The Bertz CT molecular complexity index is 220. The third kappa shape index (κ3) is 15.1. The fourth-order valence-corrected chi connectivity index (χ4v) is 0.348. The van der Waals surface area contributed by atoms with E-state index < -0.39 is 0 Å². The zero-order valence-corrected chi connectivity index (χ0v) is 9.05. The number of hydrogen-bond donors (Lipinski definition) is 0. The Hall–Kier alpha value is -1.36. The summed E-state index contributed by atoms with van der Waals surface area (Å²) in [5.41, 5.74) is 0.866. The normalized spacial score (nSPS) is 6.75. The summed E-state index contributed by atoms with van der Waals surface area (Å²) in [7, 11) is 2.66. The van der Waals surface area contributed by atoms with Crippen molar-refractivity contribution in [3.05, 3.63) is 24.3 Å². The minimum Gasteiger partial charge on any atom is -0.466 e. The number of hydrogen-bond acceptors (Lipinski definition) is 4. The topological polar surface area (TPSA) is 52.6 Å². The predicted molar refractivity (Wildman–Crippen MR) is 71.7 cm³/mol. The number of esters is 2. The number of rotatable bonds is 2. The predicted octanol–water partition coefficient (Wildman–Crippen LogP) is 0.655. The molecule has 0 N–H and O–H groups in total. The van der Waals surface area contributed by atoms with Gasteiger partial charge in [0, 0.05) is 11.1 Å². The highest BCUT2D eigenvalue weighted by Gasteiger charge is 1.96. The molecular weight excluding hydrogens is 224 g/mol. The van der Waals surface area contributed by atoms with E-state index >= 15 is 0 Å². The van der Waals surface area contributed by atoms with E-state index in [4.69, 9.17) is 0 Å². The molecule has 5 heteroatoms. The standard InChI is InChI=1S/2C5H8O2.CH4.H4Si/c2*1-4(2)5(6)7-3;;/h2*1H2,2-3H3;2*1H4. The molecule has 0 radical (unpaired) electrons. The second kappa shape index (κ2) is 13.6. The van der Waals surface area contributed by atoms with E-state index in [2.05, 4.69) is 22.6 Å². The number of methoxy groups -OCH3 is 2. The van der Waals surface area contributed by atoms with E-state index in [0.29, 0.717) is 11.1 Å². The van der Waals surface area contributed by atoms with Crippen LogP contribution in [0.1, 0.15) is 21.3 Å². The largest absolute Gasteiger partial charge is 0.466 e. The fourth-order valence-electron chi connectivity index (χ4n) is 0.348. The molecule has 16 heavy (non-hydrogen) atoms. The van der Waals surface area contributed by atoms with Gasteiger partial charge in [-0.3, -0.25) is 0 Å². The number of carbonyl (C=O) groups excluding carboxylic acids is 2. The van der Waals surface area contributed by atoms with Crippen LogP contribution >= 0.6 is 0 Å². The van der Waals surface area contributed by atoms with E-state index in [-0.39, 0.29) is 30.3 Å². The van der Waals surface area contributed by atoms with Gasteiger partial charge in [0.15, 0.2) is 0 Å². The monoisotopic (exact) mass is 248 g/mol. The van der Waals surface area contributed by atoms with Crippen LogP contribution in [0.3, 0.4) is 0 Å². The molecule has 0 aliphatic heterocycles. The molecule has 0 saturated heterocycles. The van der Waals surface area contributed by atoms with E-state index in [1.165, 1.54) is 14.2 Å². The molecule has 0 spiro atoms. The van der Waals surface area contributed by atoms with Crippen molar-refractivity contribution in [3.8, 4) is 0 Å². The van der Waals surface area contributed by atoms with Gasteiger partial charge < -0.3 is 9.47 Å². The number of carbonyl (C=O) groups is 2. The van der Waals surface area contributed by atoms with Crippen molar-refractivity contribution in [2.45, 2.75) is 21.3 Å². The Morgan fingerprint density at radius 1 is 0.875 bits per heavy atom. The zero-order valence-electron chi connectivity index (χ0n) is 9.05. The zero-order chi connectivity index (χ0) is 11.7. The molecule has 96 valence electrons. The molecule has 0 aliphatic rings. The summed E-state index contributed by atoms with van der Waals surface area (Å²) in [4.78, 5) is 20.4. The minimum atomic E-state index is -0.347. The Labute approximate surface area is 102 Å². The Morgan fingerprint density at radius 2 is 1.06 bits per heavy atom. The third-order valence-corrected chi connectivity index (χ3v) is 1.07. The van der Waals surface area contributed by atoms with Gasteiger partial charge in [0.1, 0.15) is 0 Å². The lowest BCUT2D eigenvalue weighted by molar-refractivity contribution is -0.136. The van der Waals surface area contributed by atoms with Crippen molar-refractivity contribution in [2.75, 3.05) is 14.2 Å². The first-order valence-electron chi connectivity index (χ1n) is 3.84. The van der Waals surface area contributed by atoms with Gasteiger partial charge in [0.2, 0.25) is 0 Å². The molecular formula is C11H24O4Si.